The van der Waals surface area contributed by atoms with E-state index in [1.54, 1.807) is 18.5 Å². The van der Waals surface area contributed by atoms with Crippen LogP contribution >= 0.6 is 11.3 Å². The van der Waals surface area contributed by atoms with Gasteiger partial charge in [-0.3, -0.25) is 4.98 Å². The molecule has 5 heteroatoms. The first kappa shape index (κ1) is 8.12. The van der Waals surface area contributed by atoms with Crippen LogP contribution in [0.2, 0.25) is 0 Å². The molecule has 0 saturated heterocycles. The molecule has 0 aromatic carbocycles. The number of esters is 1. The number of carbonyl (C=O) groups excluding carboxylic acids is 1. The molecular formula is C8H6N2O2S. The number of methoxy groups -OCH3 is 1. The monoisotopic (exact) mass is 194 g/mol. The van der Waals surface area contributed by atoms with Gasteiger partial charge in [-0.1, -0.05) is 0 Å². The van der Waals surface area contributed by atoms with Crippen LogP contribution in [0, 0.1) is 0 Å². The molecule has 0 bridgehead atoms. The molecule has 2 heterocycles. The third-order valence-electron chi connectivity index (χ3n) is 1.55. The van der Waals surface area contributed by atoms with Crippen LogP contribution in [0.5, 0.6) is 0 Å². The molecule has 66 valence electrons. The van der Waals surface area contributed by atoms with Crippen LogP contribution in [0.3, 0.4) is 0 Å². The molecule has 0 atom stereocenters. The summed E-state index contributed by atoms with van der Waals surface area (Å²) in [5, 5.41) is 0. The van der Waals surface area contributed by atoms with Crippen LogP contribution in [0.25, 0.3) is 10.3 Å². The van der Waals surface area contributed by atoms with E-state index in [-0.39, 0.29) is 5.97 Å². The van der Waals surface area contributed by atoms with Gasteiger partial charge in [0, 0.05) is 12.4 Å². The molecule has 0 saturated carbocycles. The number of nitrogens with zero attached hydrogens (tertiary/aromatic N) is 2. The van der Waals surface area contributed by atoms with Gasteiger partial charge < -0.3 is 4.74 Å². The Kier molecular flexibility index (Phi) is 1.94. The Morgan fingerprint density at radius 3 is 2.92 bits per heavy atom. The van der Waals surface area contributed by atoms with Gasteiger partial charge in [-0.05, 0) is 6.07 Å². The van der Waals surface area contributed by atoms with Crippen LogP contribution in [-0.2, 0) is 4.74 Å². The number of hydrogen-bond acceptors (Lipinski definition) is 5. The third kappa shape index (κ3) is 1.38. The SMILES string of the molecule is COC(=O)c1cc2nccnc2s1. The maximum atomic E-state index is 11.1. The second-order valence-corrected chi connectivity index (χ2v) is 3.38. The van der Waals surface area contributed by atoms with Crippen molar-refractivity contribution in [2.24, 2.45) is 0 Å². The molecule has 0 aliphatic carbocycles. The minimum Gasteiger partial charge on any atom is -0.465 e. The highest BCUT2D eigenvalue weighted by Crippen LogP contribution is 2.21. The van der Waals surface area contributed by atoms with Gasteiger partial charge in [-0.25, -0.2) is 9.78 Å². The number of fused-ring (bicyclic) bond motifs is 1. The predicted octanol–water partition coefficient (Wildman–Crippen LogP) is 1.48. The van der Waals surface area contributed by atoms with Crippen molar-refractivity contribution in [2.45, 2.75) is 0 Å². The molecule has 0 aliphatic heterocycles. The van der Waals surface area contributed by atoms with Crippen LogP contribution in [0.15, 0.2) is 18.5 Å². The molecule has 2 rings (SSSR count). The summed E-state index contributed by atoms with van der Waals surface area (Å²) in [6.07, 6.45) is 3.19. The minimum absolute atomic E-state index is 0.343. The molecule has 0 N–H and O–H groups in total. The average Bonchev–Trinajstić information content (AvgIpc) is 2.59. The zero-order valence-corrected chi connectivity index (χ0v) is 7.67. The van der Waals surface area contributed by atoms with E-state index in [2.05, 4.69) is 14.7 Å². The lowest BCUT2D eigenvalue weighted by molar-refractivity contribution is 0.0606. The van der Waals surface area contributed by atoms with Crippen molar-refractivity contribution in [1.82, 2.24) is 9.97 Å². The number of ether oxygens (including phenoxy) is 1. The van der Waals surface area contributed by atoms with E-state index in [0.29, 0.717) is 4.88 Å². The van der Waals surface area contributed by atoms with E-state index in [1.165, 1.54) is 18.4 Å². The first-order valence-corrected chi connectivity index (χ1v) is 4.42. The summed E-state index contributed by atoms with van der Waals surface area (Å²) in [4.78, 5) is 20.5. The highest BCUT2D eigenvalue weighted by atomic mass is 32.1. The Labute approximate surface area is 78.2 Å². The largest absolute Gasteiger partial charge is 0.465 e. The van der Waals surface area contributed by atoms with Crippen molar-refractivity contribution in [3.05, 3.63) is 23.3 Å². The van der Waals surface area contributed by atoms with E-state index in [4.69, 9.17) is 0 Å². The van der Waals surface area contributed by atoms with E-state index in [9.17, 15) is 4.79 Å². The number of carbonyl (C=O) groups is 1. The van der Waals surface area contributed by atoms with Crippen LogP contribution < -0.4 is 0 Å². The highest BCUT2D eigenvalue weighted by Gasteiger charge is 2.10. The number of hydrogen-bond donors (Lipinski definition) is 0. The maximum Gasteiger partial charge on any atom is 0.348 e. The van der Waals surface area contributed by atoms with Crippen LogP contribution in [0.1, 0.15) is 9.67 Å². The van der Waals surface area contributed by atoms with Crippen LogP contribution in [-0.4, -0.2) is 23.0 Å². The second-order valence-electron chi connectivity index (χ2n) is 2.35. The van der Waals surface area contributed by atoms with Gasteiger partial charge in [0.15, 0.2) is 0 Å². The maximum absolute atomic E-state index is 11.1. The minimum atomic E-state index is -0.343. The number of rotatable bonds is 1. The van der Waals surface area contributed by atoms with Crippen molar-refractivity contribution in [3.63, 3.8) is 0 Å². The summed E-state index contributed by atoms with van der Waals surface area (Å²) in [7, 11) is 1.35. The summed E-state index contributed by atoms with van der Waals surface area (Å²) in [6, 6.07) is 1.68. The lowest BCUT2D eigenvalue weighted by Crippen LogP contribution is -1.96. The lowest BCUT2D eigenvalue weighted by atomic mass is 10.4. The van der Waals surface area contributed by atoms with E-state index in [0.717, 1.165) is 10.3 Å². The average molecular weight is 194 g/mol. The zero-order chi connectivity index (χ0) is 9.26. The smallest absolute Gasteiger partial charge is 0.348 e. The van der Waals surface area contributed by atoms with Gasteiger partial charge in [-0.2, -0.15) is 0 Å². The van der Waals surface area contributed by atoms with Gasteiger partial charge in [-0.15, -0.1) is 11.3 Å². The highest BCUT2D eigenvalue weighted by molar-refractivity contribution is 7.20. The molecule has 0 fully saturated rings. The molecule has 0 radical (unpaired) electrons. The first-order chi connectivity index (χ1) is 6.31. The molecule has 0 spiro atoms. The molecule has 0 aliphatic rings. The van der Waals surface area contributed by atoms with Crippen molar-refractivity contribution in [2.75, 3.05) is 7.11 Å². The van der Waals surface area contributed by atoms with E-state index in [1.807, 2.05) is 0 Å². The summed E-state index contributed by atoms with van der Waals surface area (Å²) in [5.41, 5.74) is 0.730. The first-order valence-electron chi connectivity index (χ1n) is 3.60. The molecule has 13 heavy (non-hydrogen) atoms. The van der Waals surface area contributed by atoms with Crippen LogP contribution in [0.4, 0.5) is 0 Å². The quantitative estimate of drug-likeness (QED) is 0.645. The second kappa shape index (κ2) is 3.10. The fourth-order valence-electron chi connectivity index (χ4n) is 0.973. The topological polar surface area (TPSA) is 52.1 Å². The van der Waals surface area contributed by atoms with Gasteiger partial charge in [0.2, 0.25) is 0 Å². The van der Waals surface area contributed by atoms with Gasteiger partial charge in [0.05, 0.1) is 7.11 Å². The molecule has 4 nitrogen and oxygen atoms in total. The van der Waals surface area contributed by atoms with Crippen molar-refractivity contribution in [1.29, 1.82) is 0 Å². The Balaban J connectivity index is 2.56. The Morgan fingerprint density at radius 2 is 2.23 bits per heavy atom. The zero-order valence-electron chi connectivity index (χ0n) is 6.85. The van der Waals surface area contributed by atoms with E-state index < -0.39 is 0 Å². The summed E-state index contributed by atoms with van der Waals surface area (Å²) in [5.74, 6) is -0.343. The number of aromatic nitrogens is 2. The molecular weight excluding hydrogens is 188 g/mol. The Hall–Kier alpha value is -1.49. The van der Waals surface area contributed by atoms with Crippen molar-refractivity contribution >= 4 is 27.7 Å². The van der Waals surface area contributed by atoms with Crippen molar-refractivity contribution < 1.29 is 9.53 Å². The molecule has 2 aromatic heterocycles. The fraction of sp³-hybridized carbons (Fsp3) is 0.125. The third-order valence-corrected chi connectivity index (χ3v) is 2.56. The Bertz CT molecular complexity index is 419. The lowest BCUT2D eigenvalue weighted by Gasteiger charge is -1.90. The standard InChI is InChI=1S/C8H6N2O2S/c1-12-8(11)6-4-5-7(13-6)10-3-2-9-5/h2-4H,1H3. The Morgan fingerprint density at radius 1 is 1.46 bits per heavy atom. The normalized spacial score (nSPS) is 10.2. The van der Waals surface area contributed by atoms with Crippen molar-refractivity contribution in [3.8, 4) is 0 Å². The molecule has 0 unspecified atom stereocenters. The number of thiophene rings is 1. The van der Waals surface area contributed by atoms with Gasteiger partial charge >= 0.3 is 5.97 Å². The predicted molar refractivity (Wildman–Crippen MR) is 48.8 cm³/mol. The van der Waals surface area contributed by atoms with Gasteiger partial charge in [0.25, 0.3) is 0 Å². The summed E-state index contributed by atoms with van der Waals surface area (Å²) in [6.45, 7) is 0. The molecule has 2 aromatic rings. The van der Waals surface area contributed by atoms with E-state index >= 15 is 0 Å². The summed E-state index contributed by atoms with van der Waals surface area (Å²) >= 11 is 1.28. The summed E-state index contributed by atoms with van der Waals surface area (Å²) < 4.78 is 4.58. The fourth-order valence-corrected chi connectivity index (χ4v) is 1.85. The molecule has 0 amide bonds. The van der Waals surface area contributed by atoms with Gasteiger partial charge in [0.1, 0.15) is 15.2 Å².